The lowest BCUT2D eigenvalue weighted by molar-refractivity contribution is -0.140. The molecule has 0 aromatic carbocycles. The predicted octanol–water partition coefficient (Wildman–Crippen LogP) is 2.79. The molecule has 0 aliphatic heterocycles. The minimum absolute atomic E-state index is 0.324. The van der Waals surface area contributed by atoms with Crippen LogP contribution in [0.25, 0.3) is 0 Å². The lowest BCUT2D eigenvalue weighted by atomic mass is 10.3. The SMILES string of the molecule is CC/C=C/CCOC(=O)/C=C/C(=O)OCCCC. The first-order valence-electron chi connectivity index (χ1n) is 6.37. The van der Waals surface area contributed by atoms with E-state index in [1.54, 1.807) is 0 Å². The van der Waals surface area contributed by atoms with E-state index >= 15 is 0 Å². The van der Waals surface area contributed by atoms with E-state index in [1.165, 1.54) is 0 Å². The molecule has 0 spiro atoms. The molecule has 0 aliphatic rings. The molecule has 0 aliphatic carbocycles. The molecule has 4 nitrogen and oxygen atoms in total. The summed E-state index contributed by atoms with van der Waals surface area (Å²) in [5.41, 5.74) is 0. The van der Waals surface area contributed by atoms with Crippen molar-refractivity contribution in [1.29, 1.82) is 0 Å². The van der Waals surface area contributed by atoms with Crippen LogP contribution in [0.2, 0.25) is 0 Å². The molecule has 0 rings (SSSR count). The Morgan fingerprint density at radius 1 is 0.944 bits per heavy atom. The number of hydrogen-bond acceptors (Lipinski definition) is 4. The summed E-state index contributed by atoms with van der Waals surface area (Å²) in [6, 6.07) is 0. The second-order valence-corrected chi connectivity index (χ2v) is 3.69. The van der Waals surface area contributed by atoms with Crippen molar-refractivity contribution in [3.8, 4) is 0 Å². The van der Waals surface area contributed by atoms with Crippen LogP contribution in [0.15, 0.2) is 24.3 Å². The van der Waals surface area contributed by atoms with E-state index in [2.05, 4.69) is 0 Å². The summed E-state index contributed by atoms with van der Waals surface area (Å²) in [6.07, 6.45) is 9.60. The first kappa shape index (κ1) is 16.4. The third-order valence-electron chi connectivity index (χ3n) is 2.03. The Labute approximate surface area is 109 Å². The lowest BCUT2D eigenvalue weighted by Crippen LogP contribution is -2.05. The number of hydrogen-bond donors (Lipinski definition) is 0. The zero-order valence-electron chi connectivity index (χ0n) is 11.2. The average molecular weight is 254 g/mol. The van der Waals surface area contributed by atoms with Gasteiger partial charge in [-0.2, -0.15) is 0 Å². The Morgan fingerprint density at radius 2 is 1.56 bits per heavy atom. The van der Waals surface area contributed by atoms with Gasteiger partial charge in [0.1, 0.15) is 0 Å². The van der Waals surface area contributed by atoms with Crippen LogP contribution in [0.4, 0.5) is 0 Å². The highest BCUT2D eigenvalue weighted by atomic mass is 16.5. The van der Waals surface area contributed by atoms with Gasteiger partial charge >= 0.3 is 11.9 Å². The van der Waals surface area contributed by atoms with Crippen molar-refractivity contribution >= 4 is 11.9 Å². The monoisotopic (exact) mass is 254 g/mol. The molecule has 0 N–H and O–H groups in total. The minimum atomic E-state index is -0.521. The maximum atomic E-state index is 11.2. The molecule has 0 heterocycles. The third kappa shape index (κ3) is 10.9. The summed E-state index contributed by atoms with van der Waals surface area (Å²) in [4.78, 5) is 22.3. The summed E-state index contributed by atoms with van der Waals surface area (Å²) in [6.45, 7) is 4.75. The van der Waals surface area contributed by atoms with E-state index < -0.39 is 11.9 Å². The summed E-state index contributed by atoms with van der Waals surface area (Å²) < 4.78 is 9.73. The average Bonchev–Trinajstić information content (AvgIpc) is 2.36. The molecule has 0 amide bonds. The standard InChI is InChI=1S/C14H22O4/c1-3-5-7-8-12-18-14(16)10-9-13(15)17-11-6-4-2/h5,7,9-10H,3-4,6,8,11-12H2,1-2H3/b7-5+,10-9+. The Morgan fingerprint density at radius 3 is 2.11 bits per heavy atom. The van der Waals surface area contributed by atoms with Crippen LogP contribution in [-0.2, 0) is 19.1 Å². The van der Waals surface area contributed by atoms with Crippen molar-refractivity contribution in [1.82, 2.24) is 0 Å². The number of allylic oxidation sites excluding steroid dienone is 1. The van der Waals surface area contributed by atoms with Gasteiger partial charge in [0.15, 0.2) is 0 Å². The van der Waals surface area contributed by atoms with Crippen molar-refractivity contribution in [3.05, 3.63) is 24.3 Å². The Bertz CT molecular complexity index is 292. The number of unbranched alkanes of at least 4 members (excludes halogenated alkanes) is 1. The summed E-state index contributed by atoms with van der Waals surface area (Å²) in [5, 5.41) is 0. The van der Waals surface area contributed by atoms with Gasteiger partial charge in [0.2, 0.25) is 0 Å². The van der Waals surface area contributed by atoms with E-state index in [-0.39, 0.29) is 0 Å². The molecule has 0 bridgehead atoms. The molecule has 0 fully saturated rings. The maximum absolute atomic E-state index is 11.2. The van der Waals surface area contributed by atoms with Gasteiger partial charge in [-0.3, -0.25) is 0 Å². The van der Waals surface area contributed by atoms with Crippen LogP contribution in [0.1, 0.15) is 39.5 Å². The van der Waals surface area contributed by atoms with Crippen molar-refractivity contribution in [3.63, 3.8) is 0 Å². The predicted molar refractivity (Wildman–Crippen MR) is 70.0 cm³/mol. The molecule has 0 saturated heterocycles. The van der Waals surface area contributed by atoms with Crippen LogP contribution in [0.5, 0.6) is 0 Å². The normalized spacial score (nSPS) is 11.0. The van der Waals surface area contributed by atoms with Crippen LogP contribution in [0, 0.1) is 0 Å². The second kappa shape index (κ2) is 11.9. The first-order valence-corrected chi connectivity index (χ1v) is 6.37. The lowest BCUT2D eigenvalue weighted by Gasteiger charge is -2.00. The van der Waals surface area contributed by atoms with Crippen LogP contribution in [0.3, 0.4) is 0 Å². The summed E-state index contributed by atoms with van der Waals surface area (Å²) >= 11 is 0. The first-order chi connectivity index (χ1) is 8.70. The number of ether oxygens (including phenoxy) is 2. The Balaban J connectivity index is 3.66. The molecule has 0 aromatic rings. The molecule has 102 valence electrons. The van der Waals surface area contributed by atoms with Gasteiger partial charge in [-0.15, -0.1) is 0 Å². The molecule has 18 heavy (non-hydrogen) atoms. The van der Waals surface area contributed by atoms with E-state index in [0.29, 0.717) is 19.6 Å². The zero-order valence-corrected chi connectivity index (χ0v) is 11.2. The number of carbonyl (C=O) groups is 2. The smallest absolute Gasteiger partial charge is 0.331 e. The van der Waals surface area contributed by atoms with Crippen LogP contribution < -0.4 is 0 Å². The molecular weight excluding hydrogens is 232 g/mol. The van der Waals surface area contributed by atoms with E-state index in [0.717, 1.165) is 31.4 Å². The Hall–Kier alpha value is -1.58. The maximum Gasteiger partial charge on any atom is 0.331 e. The van der Waals surface area contributed by atoms with Crippen molar-refractivity contribution in [2.75, 3.05) is 13.2 Å². The van der Waals surface area contributed by atoms with Crippen molar-refractivity contribution < 1.29 is 19.1 Å². The fourth-order valence-electron chi connectivity index (χ4n) is 1.06. The van der Waals surface area contributed by atoms with Gasteiger partial charge in [-0.25, -0.2) is 9.59 Å². The highest BCUT2D eigenvalue weighted by Crippen LogP contribution is 1.92. The molecule has 0 saturated carbocycles. The van der Waals surface area contributed by atoms with Gasteiger partial charge in [-0.05, 0) is 19.3 Å². The molecule has 0 atom stereocenters. The molecule has 0 radical (unpaired) electrons. The fraction of sp³-hybridized carbons (Fsp3) is 0.571. The third-order valence-corrected chi connectivity index (χ3v) is 2.03. The summed E-state index contributed by atoms with van der Waals surface area (Å²) in [7, 11) is 0. The molecule has 4 heteroatoms. The zero-order chi connectivity index (χ0) is 13.6. The highest BCUT2D eigenvalue weighted by molar-refractivity contribution is 5.91. The van der Waals surface area contributed by atoms with Crippen LogP contribution >= 0.6 is 0 Å². The van der Waals surface area contributed by atoms with Crippen molar-refractivity contribution in [2.24, 2.45) is 0 Å². The topological polar surface area (TPSA) is 52.6 Å². The Kier molecular flexibility index (Phi) is 10.8. The van der Waals surface area contributed by atoms with Crippen molar-refractivity contribution in [2.45, 2.75) is 39.5 Å². The second-order valence-electron chi connectivity index (χ2n) is 3.69. The van der Waals surface area contributed by atoms with Gasteiger partial charge in [0.25, 0.3) is 0 Å². The van der Waals surface area contributed by atoms with E-state index in [4.69, 9.17) is 9.47 Å². The number of carbonyl (C=O) groups excluding carboxylic acids is 2. The van der Waals surface area contributed by atoms with E-state index in [1.807, 2.05) is 26.0 Å². The summed E-state index contributed by atoms with van der Waals surface area (Å²) in [5.74, 6) is -1.03. The molecule has 0 unspecified atom stereocenters. The molecule has 0 aromatic heterocycles. The number of esters is 2. The van der Waals surface area contributed by atoms with Crippen LogP contribution in [-0.4, -0.2) is 25.2 Å². The van der Waals surface area contributed by atoms with Gasteiger partial charge < -0.3 is 9.47 Å². The van der Waals surface area contributed by atoms with Gasteiger partial charge in [0, 0.05) is 12.2 Å². The quantitative estimate of drug-likeness (QED) is 0.275. The van der Waals surface area contributed by atoms with Gasteiger partial charge in [0.05, 0.1) is 13.2 Å². The largest absolute Gasteiger partial charge is 0.463 e. The molecular formula is C14H22O4. The fourth-order valence-corrected chi connectivity index (χ4v) is 1.06. The minimum Gasteiger partial charge on any atom is -0.463 e. The van der Waals surface area contributed by atoms with Gasteiger partial charge in [-0.1, -0.05) is 32.4 Å². The van der Waals surface area contributed by atoms with E-state index in [9.17, 15) is 9.59 Å². The number of rotatable bonds is 9. The highest BCUT2D eigenvalue weighted by Gasteiger charge is 1.99.